The molecule has 0 spiro atoms. The van der Waals surface area contributed by atoms with Gasteiger partial charge in [0.2, 0.25) is 0 Å². The number of carbonyl (C=O) groups is 1. The monoisotopic (exact) mass is 179 g/mol. The van der Waals surface area contributed by atoms with Crippen molar-refractivity contribution >= 4 is 12.0 Å². The number of carbonyl (C=O) groups excluding carboxylic acids is 1. The lowest BCUT2D eigenvalue weighted by Gasteiger charge is -2.18. The van der Waals surface area contributed by atoms with Gasteiger partial charge in [-0.15, -0.1) is 0 Å². The molecule has 0 amide bonds. The second kappa shape index (κ2) is 4.05. The summed E-state index contributed by atoms with van der Waals surface area (Å²) in [6, 6.07) is 9.41. The Morgan fingerprint density at radius 3 is 2.46 bits per heavy atom. The smallest absolute Gasteiger partial charge is 0.153 e. The molecular weight excluding hydrogens is 166 g/mol. The van der Waals surface area contributed by atoms with E-state index in [1.807, 2.05) is 30.3 Å². The summed E-state index contributed by atoms with van der Waals surface area (Å²) >= 11 is 0. The van der Waals surface area contributed by atoms with Gasteiger partial charge in [0.05, 0.1) is 5.69 Å². The quantitative estimate of drug-likeness (QED) is 0.567. The molecule has 3 nitrogen and oxygen atoms in total. The number of rotatable bonds is 4. The maximum absolute atomic E-state index is 10.5. The summed E-state index contributed by atoms with van der Waals surface area (Å²) in [5.74, 6) is 0. The zero-order chi connectivity index (χ0) is 9.73. The number of nitrogens with one attached hydrogen (secondary N) is 1. The van der Waals surface area contributed by atoms with Crippen molar-refractivity contribution in [3.8, 4) is 0 Å². The first-order valence-corrected chi connectivity index (χ1v) is 4.09. The molecule has 3 heteroatoms. The fourth-order valence-electron chi connectivity index (χ4n) is 0.721. The highest BCUT2D eigenvalue weighted by atomic mass is 16.7. The van der Waals surface area contributed by atoms with Crippen LogP contribution in [0.15, 0.2) is 30.3 Å². The lowest BCUT2D eigenvalue weighted by molar-refractivity contribution is -0.123. The number of para-hydroxylation sites is 1. The van der Waals surface area contributed by atoms with Gasteiger partial charge in [0.1, 0.15) is 5.60 Å². The molecule has 1 N–H and O–H groups in total. The first kappa shape index (κ1) is 9.74. The highest BCUT2D eigenvalue weighted by molar-refractivity contribution is 5.61. The fourth-order valence-corrected chi connectivity index (χ4v) is 0.721. The van der Waals surface area contributed by atoms with Crippen molar-refractivity contribution in [1.82, 2.24) is 0 Å². The van der Waals surface area contributed by atoms with E-state index in [-0.39, 0.29) is 0 Å². The summed E-state index contributed by atoms with van der Waals surface area (Å²) in [7, 11) is 0. The van der Waals surface area contributed by atoms with Gasteiger partial charge in [-0.2, -0.15) is 0 Å². The Kier molecular flexibility index (Phi) is 3.03. The van der Waals surface area contributed by atoms with E-state index in [1.165, 1.54) is 0 Å². The van der Waals surface area contributed by atoms with Gasteiger partial charge in [0.15, 0.2) is 6.29 Å². The fraction of sp³-hybridized carbons (Fsp3) is 0.300. The minimum absolute atomic E-state index is 0.753. The molecule has 13 heavy (non-hydrogen) atoms. The lowest BCUT2D eigenvalue weighted by atomic mass is 10.2. The first-order valence-electron chi connectivity index (χ1n) is 4.09. The molecule has 0 aliphatic carbocycles. The molecule has 1 rings (SSSR count). The standard InChI is InChI=1S/C10H13NO2/c1-10(2,8-12)13-11-9-6-4-3-5-7-9/h3-8,11H,1-2H3. The van der Waals surface area contributed by atoms with Crippen molar-refractivity contribution < 1.29 is 9.63 Å². The minimum Gasteiger partial charge on any atom is -0.300 e. The average molecular weight is 179 g/mol. The highest BCUT2D eigenvalue weighted by Gasteiger charge is 2.16. The van der Waals surface area contributed by atoms with Crippen LogP contribution in [0.2, 0.25) is 0 Å². The van der Waals surface area contributed by atoms with Crippen molar-refractivity contribution in [1.29, 1.82) is 0 Å². The maximum atomic E-state index is 10.5. The molecule has 0 radical (unpaired) electrons. The van der Waals surface area contributed by atoms with Gasteiger partial charge < -0.3 is 4.79 Å². The second-order valence-corrected chi connectivity index (χ2v) is 3.29. The Morgan fingerprint density at radius 1 is 1.31 bits per heavy atom. The van der Waals surface area contributed by atoms with Crippen molar-refractivity contribution in [2.45, 2.75) is 19.4 Å². The van der Waals surface area contributed by atoms with Gasteiger partial charge in [-0.25, -0.2) is 0 Å². The summed E-state index contributed by atoms with van der Waals surface area (Å²) in [6.45, 7) is 3.38. The van der Waals surface area contributed by atoms with Crippen molar-refractivity contribution in [3.63, 3.8) is 0 Å². The van der Waals surface area contributed by atoms with Crippen LogP contribution in [0.3, 0.4) is 0 Å². The van der Waals surface area contributed by atoms with Crippen molar-refractivity contribution in [3.05, 3.63) is 30.3 Å². The zero-order valence-corrected chi connectivity index (χ0v) is 7.78. The van der Waals surface area contributed by atoms with E-state index in [1.54, 1.807) is 13.8 Å². The SMILES string of the molecule is CC(C)(C=O)ONc1ccccc1. The normalized spacial score (nSPS) is 10.9. The molecule has 1 aromatic carbocycles. The highest BCUT2D eigenvalue weighted by Crippen LogP contribution is 2.10. The number of benzene rings is 1. The van der Waals surface area contributed by atoms with Crippen LogP contribution in [0.4, 0.5) is 5.69 Å². The van der Waals surface area contributed by atoms with E-state index in [9.17, 15) is 4.79 Å². The summed E-state index contributed by atoms with van der Waals surface area (Å²) in [5, 5.41) is 0. The molecule has 0 saturated carbocycles. The third kappa shape index (κ3) is 3.25. The van der Waals surface area contributed by atoms with Crippen molar-refractivity contribution in [2.75, 3.05) is 5.48 Å². The Labute approximate surface area is 77.7 Å². The Bertz CT molecular complexity index is 270. The summed E-state index contributed by atoms with van der Waals surface area (Å²) in [6.07, 6.45) is 0.753. The number of hydrogen-bond acceptors (Lipinski definition) is 3. The molecule has 0 bridgehead atoms. The number of hydrogen-bond donors (Lipinski definition) is 1. The largest absolute Gasteiger partial charge is 0.300 e. The van der Waals surface area contributed by atoms with Gasteiger partial charge in [0, 0.05) is 0 Å². The van der Waals surface area contributed by atoms with E-state index in [0.717, 1.165) is 12.0 Å². The third-order valence-corrected chi connectivity index (χ3v) is 1.49. The summed E-state index contributed by atoms with van der Waals surface area (Å²) < 4.78 is 0. The second-order valence-electron chi connectivity index (χ2n) is 3.29. The molecule has 0 atom stereocenters. The third-order valence-electron chi connectivity index (χ3n) is 1.49. The van der Waals surface area contributed by atoms with Gasteiger partial charge in [0.25, 0.3) is 0 Å². The van der Waals surface area contributed by atoms with Crippen LogP contribution in [0.25, 0.3) is 0 Å². The molecule has 0 unspecified atom stereocenters. The van der Waals surface area contributed by atoms with Crippen LogP contribution >= 0.6 is 0 Å². The number of anilines is 1. The Balaban J connectivity index is 2.48. The topological polar surface area (TPSA) is 38.3 Å². The molecule has 0 fully saturated rings. The van der Waals surface area contributed by atoms with Gasteiger partial charge in [-0.3, -0.25) is 10.3 Å². The minimum atomic E-state index is -0.796. The van der Waals surface area contributed by atoms with Gasteiger partial charge in [-0.05, 0) is 26.0 Å². The van der Waals surface area contributed by atoms with Crippen LogP contribution in [0.1, 0.15) is 13.8 Å². The molecule has 70 valence electrons. The van der Waals surface area contributed by atoms with Crippen LogP contribution in [0.5, 0.6) is 0 Å². The molecule has 0 aliphatic rings. The molecule has 0 aliphatic heterocycles. The van der Waals surface area contributed by atoms with Crippen molar-refractivity contribution in [2.24, 2.45) is 0 Å². The van der Waals surface area contributed by atoms with Gasteiger partial charge in [-0.1, -0.05) is 18.2 Å². The van der Waals surface area contributed by atoms with Gasteiger partial charge >= 0.3 is 0 Å². The van der Waals surface area contributed by atoms with E-state index in [2.05, 4.69) is 5.48 Å². The van der Waals surface area contributed by atoms with Crippen LogP contribution in [-0.2, 0) is 9.63 Å². The zero-order valence-electron chi connectivity index (χ0n) is 7.78. The van der Waals surface area contributed by atoms with E-state index >= 15 is 0 Å². The molecule has 0 saturated heterocycles. The van der Waals surface area contributed by atoms with Crippen LogP contribution < -0.4 is 5.48 Å². The maximum Gasteiger partial charge on any atom is 0.153 e. The average Bonchev–Trinajstić information content (AvgIpc) is 2.17. The Hall–Kier alpha value is -1.35. The van der Waals surface area contributed by atoms with Crippen LogP contribution in [0, 0.1) is 0 Å². The summed E-state index contributed by atoms with van der Waals surface area (Å²) in [4.78, 5) is 15.6. The van der Waals surface area contributed by atoms with E-state index in [0.29, 0.717) is 0 Å². The van der Waals surface area contributed by atoms with E-state index < -0.39 is 5.60 Å². The molecule has 1 aromatic rings. The predicted molar refractivity (Wildman–Crippen MR) is 51.3 cm³/mol. The predicted octanol–water partition coefficient (Wildman–Crippen LogP) is 2.01. The molecule has 0 heterocycles. The van der Waals surface area contributed by atoms with E-state index in [4.69, 9.17) is 4.84 Å². The first-order chi connectivity index (χ1) is 6.14. The van der Waals surface area contributed by atoms with Crippen LogP contribution in [-0.4, -0.2) is 11.9 Å². The molecule has 0 aromatic heterocycles. The Morgan fingerprint density at radius 2 is 1.92 bits per heavy atom. The number of aldehydes is 1. The molecular formula is C10H13NO2. The summed E-state index contributed by atoms with van der Waals surface area (Å²) in [5.41, 5.74) is 2.74. The lowest BCUT2D eigenvalue weighted by Crippen LogP contribution is -2.28.